The summed E-state index contributed by atoms with van der Waals surface area (Å²) in [6.07, 6.45) is 0. The molecule has 0 amide bonds. The largest absolute Gasteiger partial charge is 0.493 e. The summed E-state index contributed by atoms with van der Waals surface area (Å²) in [5, 5.41) is 0. The first-order valence-corrected chi connectivity index (χ1v) is 9.59. The van der Waals surface area contributed by atoms with E-state index in [1.165, 1.54) is 4.88 Å². The van der Waals surface area contributed by atoms with Gasteiger partial charge in [-0.3, -0.25) is 0 Å². The zero-order valence-corrected chi connectivity index (χ0v) is 17.7. The summed E-state index contributed by atoms with van der Waals surface area (Å²) >= 11 is 16.0. The summed E-state index contributed by atoms with van der Waals surface area (Å²) in [6, 6.07) is 5.99. The number of hydrogen-bond donors (Lipinski definition) is 0. The topological polar surface area (TPSA) is 18.5 Å². The van der Waals surface area contributed by atoms with E-state index >= 15 is 0 Å². The van der Waals surface area contributed by atoms with E-state index < -0.39 is 0 Å². The molecule has 7 heteroatoms. The van der Waals surface area contributed by atoms with Crippen LogP contribution in [0.25, 0.3) is 0 Å². The molecule has 0 aliphatic rings. The lowest BCUT2D eigenvalue weighted by Crippen LogP contribution is -1.96. The Morgan fingerprint density at radius 2 is 1.55 bits per heavy atom. The van der Waals surface area contributed by atoms with Crippen molar-refractivity contribution in [2.45, 2.75) is 4.83 Å². The zero-order valence-electron chi connectivity index (χ0n) is 10.5. The van der Waals surface area contributed by atoms with Crippen molar-refractivity contribution in [2.75, 3.05) is 14.2 Å². The van der Waals surface area contributed by atoms with Crippen LogP contribution in [-0.4, -0.2) is 14.2 Å². The Kier molecular flexibility index (Phi) is 5.99. The van der Waals surface area contributed by atoms with E-state index in [-0.39, 0.29) is 4.83 Å². The molecule has 0 aliphatic heterocycles. The van der Waals surface area contributed by atoms with Crippen molar-refractivity contribution >= 4 is 75.1 Å². The molecular weight excluding hydrogens is 540 g/mol. The van der Waals surface area contributed by atoms with E-state index in [0.29, 0.717) is 11.5 Å². The van der Waals surface area contributed by atoms with E-state index in [9.17, 15) is 0 Å². The van der Waals surface area contributed by atoms with Crippen LogP contribution >= 0.6 is 75.1 Å². The molecule has 1 atom stereocenters. The highest BCUT2D eigenvalue weighted by Gasteiger charge is 2.20. The Morgan fingerprint density at radius 3 is 2.05 bits per heavy atom. The van der Waals surface area contributed by atoms with E-state index in [0.717, 1.165) is 18.3 Å². The van der Waals surface area contributed by atoms with E-state index in [2.05, 4.69) is 69.8 Å². The van der Waals surface area contributed by atoms with Gasteiger partial charge in [0, 0.05) is 13.8 Å². The van der Waals surface area contributed by atoms with Gasteiger partial charge in [0.2, 0.25) is 0 Å². The summed E-state index contributed by atoms with van der Waals surface area (Å²) in [5.74, 6) is 1.42. The van der Waals surface area contributed by atoms with Gasteiger partial charge in [-0.1, -0.05) is 31.9 Å². The van der Waals surface area contributed by atoms with Gasteiger partial charge in [-0.25, -0.2) is 0 Å². The molecule has 1 heterocycles. The van der Waals surface area contributed by atoms with Crippen LogP contribution < -0.4 is 9.47 Å². The molecule has 0 N–H and O–H groups in total. The number of alkyl halides is 1. The average molecular weight is 550 g/mol. The Morgan fingerprint density at radius 1 is 0.950 bits per heavy atom. The minimum atomic E-state index is 0.0734. The molecule has 0 aliphatic carbocycles. The van der Waals surface area contributed by atoms with Crippen molar-refractivity contribution in [1.82, 2.24) is 0 Å². The molecule has 2 aromatic rings. The smallest absolute Gasteiger partial charge is 0.161 e. The van der Waals surface area contributed by atoms with Crippen molar-refractivity contribution in [2.24, 2.45) is 0 Å². The molecule has 2 nitrogen and oxygen atoms in total. The van der Waals surface area contributed by atoms with Gasteiger partial charge in [-0.2, -0.15) is 0 Å². The number of hydrogen-bond acceptors (Lipinski definition) is 3. The standard InChI is InChI=1S/C13H10Br4O2S/c1-18-9-3-6(7(14)4-10(9)19-2)12(16)11-5-8(15)13(17)20-11/h3-5,12H,1-2H3. The maximum Gasteiger partial charge on any atom is 0.161 e. The van der Waals surface area contributed by atoms with Gasteiger partial charge in [-0.05, 0) is 55.6 Å². The lowest BCUT2D eigenvalue weighted by molar-refractivity contribution is 0.354. The van der Waals surface area contributed by atoms with Gasteiger partial charge >= 0.3 is 0 Å². The fourth-order valence-electron chi connectivity index (χ4n) is 1.71. The average Bonchev–Trinajstić information content (AvgIpc) is 2.77. The molecule has 0 spiro atoms. The summed E-state index contributed by atoms with van der Waals surface area (Å²) in [7, 11) is 3.26. The molecule has 20 heavy (non-hydrogen) atoms. The molecular formula is C13H10Br4O2S. The highest BCUT2D eigenvalue weighted by atomic mass is 79.9. The Hall–Kier alpha value is 0.440. The molecule has 2 rings (SSSR count). The molecule has 0 saturated carbocycles. The van der Waals surface area contributed by atoms with Gasteiger partial charge in [0.05, 0.1) is 22.8 Å². The summed E-state index contributed by atoms with van der Waals surface area (Å²) < 4.78 is 13.8. The quantitative estimate of drug-likeness (QED) is 0.403. The molecule has 1 unspecified atom stereocenters. The zero-order chi connectivity index (χ0) is 14.9. The van der Waals surface area contributed by atoms with Crippen LogP contribution in [0.5, 0.6) is 11.5 Å². The third-order valence-electron chi connectivity index (χ3n) is 2.69. The number of methoxy groups -OCH3 is 2. The number of halogens is 4. The van der Waals surface area contributed by atoms with Crippen LogP contribution in [0, 0.1) is 0 Å². The van der Waals surface area contributed by atoms with Gasteiger partial charge in [-0.15, -0.1) is 11.3 Å². The first-order valence-electron chi connectivity index (χ1n) is 5.48. The summed E-state index contributed by atoms with van der Waals surface area (Å²) in [6.45, 7) is 0. The Bertz CT molecular complexity index is 608. The van der Waals surface area contributed by atoms with E-state index in [1.54, 1.807) is 25.6 Å². The van der Waals surface area contributed by atoms with Crippen molar-refractivity contribution in [3.05, 3.63) is 41.4 Å². The molecule has 1 aromatic carbocycles. The van der Waals surface area contributed by atoms with Crippen LogP contribution in [0.3, 0.4) is 0 Å². The third kappa shape index (κ3) is 3.43. The molecule has 0 saturated heterocycles. The lowest BCUT2D eigenvalue weighted by Gasteiger charge is -2.15. The second-order valence-corrected chi connectivity index (χ2v) is 8.89. The van der Waals surface area contributed by atoms with E-state index in [1.807, 2.05) is 12.1 Å². The molecule has 1 aromatic heterocycles. The normalized spacial score (nSPS) is 12.3. The van der Waals surface area contributed by atoms with Crippen molar-refractivity contribution in [3.8, 4) is 11.5 Å². The molecule has 108 valence electrons. The van der Waals surface area contributed by atoms with E-state index in [4.69, 9.17) is 9.47 Å². The highest BCUT2D eigenvalue weighted by Crippen LogP contribution is 2.45. The first kappa shape index (κ1) is 16.8. The van der Waals surface area contributed by atoms with Crippen LogP contribution in [0.4, 0.5) is 0 Å². The first-order chi connectivity index (χ1) is 9.47. The number of benzene rings is 1. The minimum absolute atomic E-state index is 0.0734. The van der Waals surface area contributed by atoms with Crippen molar-refractivity contribution in [1.29, 1.82) is 0 Å². The molecule has 0 radical (unpaired) electrons. The number of rotatable bonds is 4. The second kappa shape index (κ2) is 7.13. The predicted molar refractivity (Wildman–Crippen MR) is 97.7 cm³/mol. The fraction of sp³-hybridized carbons (Fsp3) is 0.231. The predicted octanol–water partition coefficient (Wildman–Crippen LogP) is 6.54. The monoisotopic (exact) mass is 546 g/mol. The maximum absolute atomic E-state index is 5.37. The second-order valence-electron chi connectivity index (χ2n) is 3.86. The van der Waals surface area contributed by atoms with Gasteiger partial charge < -0.3 is 9.47 Å². The third-order valence-corrected chi connectivity index (χ3v) is 7.99. The van der Waals surface area contributed by atoms with Crippen LogP contribution in [0.15, 0.2) is 30.9 Å². The van der Waals surface area contributed by atoms with Gasteiger partial charge in [0.25, 0.3) is 0 Å². The molecule has 0 bridgehead atoms. The van der Waals surface area contributed by atoms with Gasteiger partial charge in [0.15, 0.2) is 11.5 Å². The summed E-state index contributed by atoms with van der Waals surface area (Å²) in [4.78, 5) is 1.26. The Balaban J connectivity index is 2.46. The van der Waals surface area contributed by atoms with Crippen molar-refractivity contribution < 1.29 is 9.47 Å². The number of ether oxygens (including phenoxy) is 2. The number of thiophene rings is 1. The highest BCUT2D eigenvalue weighted by molar-refractivity contribution is 9.13. The van der Waals surface area contributed by atoms with Crippen LogP contribution in [-0.2, 0) is 0 Å². The van der Waals surface area contributed by atoms with Crippen LogP contribution in [0.2, 0.25) is 0 Å². The van der Waals surface area contributed by atoms with Gasteiger partial charge in [0.1, 0.15) is 0 Å². The minimum Gasteiger partial charge on any atom is -0.493 e. The molecule has 0 fully saturated rings. The Labute approximate surface area is 155 Å². The summed E-state index contributed by atoms with van der Waals surface area (Å²) in [5.41, 5.74) is 1.09. The van der Waals surface area contributed by atoms with Crippen molar-refractivity contribution in [3.63, 3.8) is 0 Å². The fourth-order valence-corrected chi connectivity index (χ4v) is 5.44. The SMILES string of the molecule is COc1cc(Br)c(C(Br)c2cc(Br)c(Br)s2)cc1OC. The van der Waals surface area contributed by atoms with Crippen LogP contribution in [0.1, 0.15) is 15.3 Å². The lowest BCUT2D eigenvalue weighted by atomic mass is 10.1. The maximum atomic E-state index is 5.37.